The lowest BCUT2D eigenvalue weighted by molar-refractivity contribution is -0.115. The number of hydrogen-bond donors (Lipinski definition) is 1. The fourth-order valence-electron chi connectivity index (χ4n) is 1.48. The molecule has 0 unspecified atom stereocenters. The molecule has 3 amide bonds. The van der Waals surface area contributed by atoms with Crippen molar-refractivity contribution in [2.45, 2.75) is 0 Å². The molecule has 1 aromatic carbocycles. The second-order valence-electron chi connectivity index (χ2n) is 3.24. The second-order valence-corrected chi connectivity index (χ2v) is 4.15. The summed E-state index contributed by atoms with van der Waals surface area (Å²) in [7, 11) is 1.53. The van der Waals surface area contributed by atoms with Crippen LogP contribution in [-0.4, -0.2) is 25.6 Å². The van der Waals surface area contributed by atoms with Crippen LogP contribution in [0.5, 0.6) is 5.75 Å². The quantitative estimate of drug-likeness (QED) is 0.838. The number of hydrogen-bond acceptors (Lipinski definition) is 3. The van der Waals surface area contributed by atoms with E-state index in [1.165, 1.54) is 7.11 Å². The lowest BCUT2D eigenvalue weighted by atomic mass is 10.3. The van der Waals surface area contributed by atoms with Crippen molar-refractivity contribution < 1.29 is 14.3 Å². The molecule has 6 heteroatoms. The van der Waals surface area contributed by atoms with Crippen LogP contribution in [0.4, 0.5) is 10.5 Å². The molecule has 0 radical (unpaired) electrons. The van der Waals surface area contributed by atoms with Crippen LogP contribution in [0.3, 0.4) is 0 Å². The number of carbonyl (C=O) groups excluding carboxylic acids is 2. The Morgan fingerprint density at radius 2 is 2.12 bits per heavy atom. The Balaban J connectivity index is 2.43. The van der Waals surface area contributed by atoms with Gasteiger partial charge in [0.25, 0.3) is 5.91 Å². The number of methoxy groups -OCH3 is 1. The van der Waals surface area contributed by atoms with E-state index in [9.17, 15) is 9.59 Å². The zero-order chi connectivity index (χ0) is 11.7. The summed E-state index contributed by atoms with van der Waals surface area (Å²) in [6.07, 6.45) is 0. The molecule has 0 atom stereocenters. The predicted octanol–water partition coefficient (Wildman–Crippen LogP) is 1.51. The number of halogens is 1. The Morgan fingerprint density at radius 3 is 2.69 bits per heavy atom. The van der Waals surface area contributed by atoms with Gasteiger partial charge in [0, 0.05) is 10.5 Å². The standard InChI is InChI=1S/C10H9BrN2O3/c1-16-8-3-6(11)2-7(4-8)13-9(14)5-12-10(13)15/h2-4H,5H2,1H3,(H,12,15). The maximum Gasteiger partial charge on any atom is 0.329 e. The number of benzene rings is 1. The van der Waals surface area contributed by atoms with E-state index in [2.05, 4.69) is 21.2 Å². The molecule has 1 heterocycles. The SMILES string of the molecule is COc1cc(Br)cc(N2C(=O)CNC2=O)c1. The Bertz CT molecular complexity index is 445. The summed E-state index contributed by atoms with van der Waals surface area (Å²) in [5.74, 6) is 0.307. The molecular weight excluding hydrogens is 276 g/mol. The topological polar surface area (TPSA) is 58.6 Å². The third kappa shape index (κ3) is 1.88. The number of imide groups is 1. The highest BCUT2D eigenvalue weighted by Crippen LogP contribution is 2.28. The van der Waals surface area contributed by atoms with Crippen LogP contribution in [0.25, 0.3) is 0 Å². The summed E-state index contributed by atoms with van der Waals surface area (Å²) in [5, 5.41) is 2.46. The number of carbonyl (C=O) groups is 2. The molecule has 0 spiro atoms. The summed E-state index contributed by atoms with van der Waals surface area (Å²) in [6, 6.07) is 4.66. The summed E-state index contributed by atoms with van der Waals surface area (Å²) in [6.45, 7) is 0.0354. The average Bonchev–Trinajstić information content (AvgIpc) is 2.57. The van der Waals surface area contributed by atoms with E-state index < -0.39 is 6.03 Å². The van der Waals surface area contributed by atoms with E-state index in [1.54, 1.807) is 18.2 Å². The summed E-state index contributed by atoms with van der Waals surface area (Å²) >= 11 is 3.29. The molecule has 0 aliphatic carbocycles. The van der Waals surface area contributed by atoms with Crippen LogP contribution in [0.2, 0.25) is 0 Å². The number of anilines is 1. The Labute approximate surface area is 100 Å². The fourth-order valence-corrected chi connectivity index (χ4v) is 1.94. The van der Waals surface area contributed by atoms with Gasteiger partial charge in [-0.15, -0.1) is 0 Å². The average molecular weight is 285 g/mol. The number of ether oxygens (including phenoxy) is 1. The van der Waals surface area contributed by atoms with Gasteiger partial charge in [-0.1, -0.05) is 15.9 Å². The van der Waals surface area contributed by atoms with Crippen molar-refractivity contribution in [1.82, 2.24) is 5.32 Å². The first-order valence-electron chi connectivity index (χ1n) is 4.57. The first-order valence-corrected chi connectivity index (χ1v) is 5.36. The molecular formula is C10H9BrN2O3. The molecule has 1 saturated heterocycles. The number of amides is 3. The maximum atomic E-state index is 11.5. The maximum absolute atomic E-state index is 11.5. The van der Waals surface area contributed by atoms with E-state index >= 15 is 0 Å². The van der Waals surface area contributed by atoms with Gasteiger partial charge in [-0.05, 0) is 12.1 Å². The van der Waals surface area contributed by atoms with Gasteiger partial charge in [-0.2, -0.15) is 0 Å². The van der Waals surface area contributed by atoms with E-state index in [4.69, 9.17) is 4.74 Å². The molecule has 0 bridgehead atoms. The Kier molecular flexibility index (Phi) is 2.82. The second kappa shape index (κ2) is 4.13. The number of rotatable bonds is 2. The molecule has 1 fully saturated rings. The number of urea groups is 1. The van der Waals surface area contributed by atoms with Gasteiger partial charge in [-0.3, -0.25) is 4.79 Å². The van der Waals surface area contributed by atoms with Crippen molar-refractivity contribution in [3.8, 4) is 5.75 Å². The first kappa shape index (κ1) is 10.9. The zero-order valence-electron chi connectivity index (χ0n) is 8.49. The first-order chi connectivity index (χ1) is 7.61. The highest BCUT2D eigenvalue weighted by Gasteiger charge is 2.30. The van der Waals surface area contributed by atoms with Gasteiger partial charge in [0.05, 0.1) is 19.3 Å². The van der Waals surface area contributed by atoms with E-state index in [0.29, 0.717) is 11.4 Å². The van der Waals surface area contributed by atoms with Gasteiger partial charge in [0.2, 0.25) is 0 Å². The highest BCUT2D eigenvalue weighted by atomic mass is 79.9. The van der Waals surface area contributed by atoms with Crippen molar-refractivity contribution in [2.75, 3.05) is 18.6 Å². The lowest BCUT2D eigenvalue weighted by Gasteiger charge is -2.13. The molecule has 2 rings (SSSR count). The summed E-state index contributed by atoms with van der Waals surface area (Å²) in [5.41, 5.74) is 0.492. The van der Waals surface area contributed by atoms with Gasteiger partial charge in [0.1, 0.15) is 5.75 Å². The van der Waals surface area contributed by atoms with Gasteiger partial charge < -0.3 is 10.1 Å². The minimum atomic E-state index is -0.412. The number of nitrogens with zero attached hydrogens (tertiary/aromatic N) is 1. The van der Waals surface area contributed by atoms with Crippen molar-refractivity contribution in [2.24, 2.45) is 0 Å². The minimum Gasteiger partial charge on any atom is -0.497 e. The Hall–Kier alpha value is -1.56. The van der Waals surface area contributed by atoms with Crippen molar-refractivity contribution in [3.63, 3.8) is 0 Å². The largest absolute Gasteiger partial charge is 0.497 e. The summed E-state index contributed by atoms with van der Waals surface area (Å²) in [4.78, 5) is 24.0. The summed E-state index contributed by atoms with van der Waals surface area (Å²) < 4.78 is 5.81. The fraction of sp³-hybridized carbons (Fsp3) is 0.200. The molecule has 5 nitrogen and oxygen atoms in total. The van der Waals surface area contributed by atoms with Crippen LogP contribution in [-0.2, 0) is 4.79 Å². The molecule has 1 aromatic rings. The minimum absolute atomic E-state index is 0.0354. The molecule has 84 valence electrons. The van der Waals surface area contributed by atoms with Gasteiger partial charge in [-0.25, -0.2) is 9.69 Å². The van der Waals surface area contributed by atoms with Crippen LogP contribution in [0.15, 0.2) is 22.7 Å². The normalized spacial score (nSPS) is 15.2. The Morgan fingerprint density at radius 1 is 1.38 bits per heavy atom. The molecule has 0 aromatic heterocycles. The van der Waals surface area contributed by atoms with Crippen LogP contribution in [0, 0.1) is 0 Å². The van der Waals surface area contributed by atoms with E-state index in [0.717, 1.165) is 9.37 Å². The van der Waals surface area contributed by atoms with Crippen LogP contribution < -0.4 is 15.0 Å². The molecule has 1 aliphatic heterocycles. The highest BCUT2D eigenvalue weighted by molar-refractivity contribution is 9.10. The molecule has 1 N–H and O–H groups in total. The van der Waals surface area contributed by atoms with E-state index in [1.807, 2.05) is 0 Å². The molecule has 1 aliphatic rings. The smallest absolute Gasteiger partial charge is 0.329 e. The number of nitrogens with one attached hydrogen (secondary N) is 1. The third-order valence-electron chi connectivity index (χ3n) is 2.19. The lowest BCUT2D eigenvalue weighted by Crippen LogP contribution is -2.30. The zero-order valence-corrected chi connectivity index (χ0v) is 10.1. The monoisotopic (exact) mass is 284 g/mol. The van der Waals surface area contributed by atoms with Crippen molar-refractivity contribution >= 4 is 33.6 Å². The van der Waals surface area contributed by atoms with Gasteiger partial charge >= 0.3 is 6.03 Å². The van der Waals surface area contributed by atoms with Crippen LogP contribution >= 0.6 is 15.9 Å². The van der Waals surface area contributed by atoms with Crippen LogP contribution in [0.1, 0.15) is 0 Å². The van der Waals surface area contributed by atoms with Crippen molar-refractivity contribution in [3.05, 3.63) is 22.7 Å². The predicted molar refractivity (Wildman–Crippen MR) is 61.6 cm³/mol. The van der Waals surface area contributed by atoms with E-state index in [-0.39, 0.29) is 12.5 Å². The third-order valence-corrected chi connectivity index (χ3v) is 2.65. The molecule has 16 heavy (non-hydrogen) atoms. The van der Waals surface area contributed by atoms with Gasteiger partial charge in [0.15, 0.2) is 0 Å². The van der Waals surface area contributed by atoms with Crippen molar-refractivity contribution in [1.29, 1.82) is 0 Å². The molecule has 0 saturated carbocycles.